The Labute approximate surface area is 132 Å². The summed E-state index contributed by atoms with van der Waals surface area (Å²) < 4.78 is 0. The fourth-order valence-corrected chi connectivity index (χ4v) is 4.37. The van der Waals surface area contributed by atoms with Gasteiger partial charge >= 0.3 is 0 Å². The summed E-state index contributed by atoms with van der Waals surface area (Å²) in [7, 11) is -0.639. The fourth-order valence-electron chi connectivity index (χ4n) is 2.25. The molecule has 1 aromatic carbocycles. The van der Waals surface area contributed by atoms with Gasteiger partial charge < -0.3 is 4.84 Å². The minimum absolute atomic E-state index is 0.639. The number of nitrogens with zero attached hydrogens (tertiary/aromatic N) is 1. The van der Waals surface area contributed by atoms with Gasteiger partial charge in [-0.15, -0.1) is 0 Å². The fraction of sp³-hybridized carbons (Fsp3) is 0.667. The third-order valence-electron chi connectivity index (χ3n) is 3.63. The first-order valence-corrected chi connectivity index (χ1v) is 10.4. The van der Waals surface area contributed by atoms with Gasteiger partial charge in [0.2, 0.25) is 0 Å². The smallest absolute Gasteiger partial charge is 0.180 e. The molecular weight excluding hydrogens is 274 g/mol. The van der Waals surface area contributed by atoms with Crippen molar-refractivity contribution >= 4 is 8.59 Å². The van der Waals surface area contributed by atoms with Crippen molar-refractivity contribution in [2.24, 2.45) is 4.80 Å². The number of aryl methyl sites for hydroxylation is 1. The maximum Gasteiger partial charge on any atom is 0.180 e. The molecule has 0 spiro atoms. The number of hydrogen-bond donors (Lipinski definition) is 0. The summed E-state index contributed by atoms with van der Waals surface area (Å²) in [5.74, 6) is 0. The Kier molecular flexibility index (Phi) is 11.0. The van der Waals surface area contributed by atoms with Crippen LogP contribution in [0, 0.1) is 0 Å². The van der Waals surface area contributed by atoms with Gasteiger partial charge in [-0.3, -0.25) is 0 Å². The minimum atomic E-state index is -0.639. The zero-order chi connectivity index (χ0) is 15.2. The van der Waals surface area contributed by atoms with E-state index in [1.807, 2.05) is 0 Å². The molecule has 0 radical (unpaired) electrons. The molecule has 1 aromatic rings. The van der Waals surface area contributed by atoms with Crippen molar-refractivity contribution in [3.05, 3.63) is 35.9 Å². The van der Waals surface area contributed by atoms with Gasteiger partial charge in [0.25, 0.3) is 0 Å². The molecule has 0 saturated carbocycles. The minimum Gasteiger partial charge on any atom is -0.407 e. The summed E-state index contributed by atoms with van der Waals surface area (Å²) in [5, 5.41) is 0. The average molecular weight is 306 g/mol. The van der Waals surface area contributed by atoms with Crippen molar-refractivity contribution in [1.82, 2.24) is 0 Å². The van der Waals surface area contributed by atoms with Gasteiger partial charge in [-0.1, -0.05) is 69.9 Å². The van der Waals surface area contributed by atoms with Gasteiger partial charge in [0, 0.05) is 0 Å². The van der Waals surface area contributed by atoms with Crippen LogP contribution in [0.1, 0.15) is 57.9 Å². The van der Waals surface area contributed by atoms with Crippen LogP contribution >= 0.6 is 0 Å². The second-order valence-corrected chi connectivity index (χ2v) is 7.96. The molecule has 0 fully saturated rings. The van der Waals surface area contributed by atoms with E-state index in [0.29, 0.717) is 0 Å². The predicted octanol–water partition coefficient (Wildman–Crippen LogP) is 5.80. The maximum atomic E-state index is 5.52. The van der Waals surface area contributed by atoms with Crippen LogP contribution in [-0.4, -0.2) is 15.2 Å². The Balaban J connectivity index is 2.24. The molecule has 0 bridgehead atoms. The van der Waals surface area contributed by atoms with Crippen LogP contribution in [0.15, 0.2) is 35.1 Å². The first-order valence-electron chi connectivity index (χ1n) is 8.58. The summed E-state index contributed by atoms with van der Waals surface area (Å²) in [5.41, 5.74) is 1.45. The molecule has 0 atom stereocenters. The van der Waals surface area contributed by atoms with E-state index in [9.17, 15) is 0 Å². The zero-order valence-corrected chi connectivity index (χ0v) is 14.8. The molecule has 0 aliphatic rings. The van der Waals surface area contributed by atoms with E-state index < -0.39 is 8.59 Å². The quantitative estimate of drug-likeness (QED) is 0.271. The second-order valence-electron chi connectivity index (χ2n) is 5.64. The summed E-state index contributed by atoms with van der Waals surface area (Å²) >= 11 is 0. The number of benzene rings is 1. The van der Waals surface area contributed by atoms with Crippen molar-refractivity contribution in [3.8, 4) is 0 Å². The van der Waals surface area contributed by atoms with E-state index >= 15 is 0 Å². The number of hydrogen-bond acceptors (Lipinski definition) is 2. The molecule has 0 aliphatic carbocycles. The molecule has 3 heteroatoms. The normalized spacial score (nSPS) is 11.6. The lowest BCUT2D eigenvalue weighted by Gasteiger charge is -2.06. The van der Waals surface area contributed by atoms with Crippen molar-refractivity contribution in [1.29, 1.82) is 0 Å². The van der Waals surface area contributed by atoms with Gasteiger partial charge in [-0.05, 0) is 36.9 Å². The Bertz CT molecular complexity index is 378. The first-order chi connectivity index (χ1) is 10.4. The van der Waals surface area contributed by atoms with Crippen LogP contribution in [0.3, 0.4) is 0 Å². The lowest BCUT2D eigenvalue weighted by atomic mass is 10.1. The van der Waals surface area contributed by atoms with Gasteiger partial charge in [0.15, 0.2) is 8.59 Å². The van der Waals surface area contributed by atoms with Crippen LogP contribution in [0.4, 0.5) is 0 Å². The molecule has 0 aromatic heterocycles. The maximum absolute atomic E-state index is 5.52. The molecule has 0 unspecified atom stereocenters. The SMILES string of the molecule is CCCCON=[Si](CCCC)CCCCc1ccccc1. The summed E-state index contributed by atoms with van der Waals surface area (Å²) in [6.07, 6.45) is 8.63. The summed E-state index contributed by atoms with van der Waals surface area (Å²) in [6.45, 7) is 5.25. The van der Waals surface area contributed by atoms with Gasteiger partial charge in [-0.25, -0.2) is 0 Å². The van der Waals surface area contributed by atoms with E-state index in [2.05, 4.69) is 49.0 Å². The van der Waals surface area contributed by atoms with Crippen LogP contribution < -0.4 is 0 Å². The largest absolute Gasteiger partial charge is 0.407 e. The molecule has 2 nitrogen and oxygen atoms in total. The molecule has 0 aliphatic heterocycles. The van der Waals surface area contributed by atoms with Crippen LogP contribution in [-0.2, 0) is 11.3 Å². The Hall–Kier alpha value is -0.963. The topological polar surface area (TPSA) is 21.6 Å². The third-order valence-corrected chi connectivity index (χ3v) is 5.87. The molecular formula is C18H31NOSi. The molecule has 21 heavy (non-hydrogen) atoms. The Morgan fingerprint density at radius 3 is 2.33 bits per heavy atom. The van der Waals surface area contributed by atoms with E-state index in [4.69, 9.17) is 4.84 Å². The highest BCUT2D eigenvalue weighted by Gasteiger charge is 2.03. The van der Waals surface area contributed by atoms with Gasteiger partial charge in [-0.2, -0.15) is 4.80 Å². The van der Waals surface area contributed by atoms with E-state index in [1.165, 1.54) is 56.2 Å². The van der Waals surface area contributed by atoms with Crippen molar-refractivity contribution in [2.45, 2.75) is 70.9 Å². The average Bonchev–Trinajstić information content (AvgIpc) is 2.53. The molecule has 0 heterocycles. The lowest BCUT2D eigenvalue weighted by molar-refractivity contribution is 0.143. The lowest BCUT2D eigenvalue weighted by Crippen LogP contribution is -2.03. The summed E-state index contributed by atoms with van der Waals surface area (Å²) in [4.78, 5) is 10.1. The number of rotatable bonds is 12. The van der Waals surface area contributed by atoms with Crippen LogP contribution in [0.25, 0.3) is 0 Å². The van der Waals surface area contributed by atoms with E-state index in [0.717, 1.165) is 13.0 Å². The summed E-state index contributed by atoms with van der Waals surface area (Å²) in [6, 6.07) is 13.3. The second kappa shape index (κ2) is 12.8. The highest BCUT2D eigenvalue weighted by atomic mass is 28.2. The van der Waals surface area contributed by atoms with E-state index in [1.54, 1.807) is 0 Å². The molecule has 0 amide bonds. The molecule has 1 rings (SSSR count). The predicted molar refractivity (Wildman–Crippen MR) is 92.9 cm³/mol. The highest BCUT2D eigenvalue weighted by Crippen LogP contribution is 2.10. The van der Waals surface area contributed by atoms with Crippen molar-refractivity contribution < 1.29 is 4.84 Å². The Morgan fingerprint density at radius 1 is 0.905 bits per heavy atom. The van der Waals surface area contributed by atoms with E-state index in [-0.39, 0.29) is 0 Å². The molecule has 0 N–H and O–H groups in total. The standard InChI is InChI=1S/C18H31NOSi/c1-3-5-15-20-19-21(16-6-4-2)17-11-10-14-18-12-8-7-9-13-18/h7-9,12-13H,3-6,10-11,14-17H2,1-2H3. The molecule has 0 saturated heterocycles. The van der Waals surface area contributed by atoms with Crippen molar-refractivity contribution in [2.75, 3.05) is 6.61 Å². The highest BCUT2D eigenvalue weighted by molar-refractivity contribution is 6.46. The first kappa shape index (κ1) is 18.1. The van der Waals surface area contributed by atoms with Gasteiger partial charge in [0.05, 0.1) is 0 Å². The Morgan fingerprint density at radius 2 is 1.62 bits per heavy atom. The monoisotopic (exact) mass is 305 g/mol. The number of unbranched alkanes of at least 4 members (excludes halogenated alkanes) is 3. The molecule has 118 valence electrons. The third kappa shape index (κ3) is 9.56. The van der Waals surface area contributed by atoms with Crippen molar-refractivity contribution in [3.63, 3.8) is 0 Å². The van der Waals surface area contributed by atoms with Gasteiger partial charge in [0.1, 0.15) is 6.61 Å². The van der Waals surface area contributed by atoms with Crippen LogP contribution in [0.5, 0.6) is 0 Å². The zero-order valence-electron chi connectivity index (χ0n) is 13.8. The van der Waals surface area contributed by atoms with Crippen LogP contribution in [0.2, 0.25) is 12.1 Å².